The van der Waals surface area contributed by atoms with Crippen molar-refractivity contribution in [2.45, 2.75) is 13.5 Å². The van der Waals surface area contributed by atoms with Crippen molar-refractivity contribution in [3.8, 4) is 6.07 Å². The first-order valence-corrected chi connectivity index (χ1v) is 10.2. The van der Waals surface area contributed by atoms with E-state index < -0.39 is 17.6 Å². The fourth-order valence-corrected chi connectivity index (χ4v) is 3.38. The maximum atomic E-state index is 13.2. The average molecular weight is 438 g/mol. The predicted molar refractivity (Wildman–Crippen MR) is 122 cm³/mol. The number of rotatable bonds is 4. The van der Waals surface area contributed by atoms with Crippen molar-refractivity contribution in [3.05, 3.63) is 112 Å². The van der Waals surface area contributed by atoms with Crippen LogP contribution >= 0.6 is 0 Å². The van der Waals surface area contributed by atoms with E-state index in [9.17, 15) is 19.2 Å². The smallest absolute Gasteiger partial charge is 0.264 e. The first kappa shape index (κ1) is 21.7. The van der Waals surface area contributed by atoms with Crippen LogP contribution in [0.5, 0.6) is 0 Å². The lowest BCUT2D eigenvalue weighted by atomic mass is 10.0. The lowest BCUT2D eigenvalue weighted by Gasteiger charge is -2.07. The number of amides is 2. The fourth-order valence-electron chi connectivity index (χ4n) is 3.38. The van der Waals surface area contributed by atoms with E-state index in [1.165, 1.54) is 24.3 Å². The Labute approximate surface area is 190 Å². The van der Waals surface area contributed by atoms with Crippen LogP contribution in [0.1, 0.15) is 32.6 Å². The van der Waals surface area contributed by atoms with Crippen LogP contribution < -0.4 is 10.6 Å². The molecule has 7 heteroatoms. The summed E-state index contributed by atoms with van der Waals surface area (Å²) in [7, 11) is 0. The normalized spacial score (nSPS) is 13.4. The lowest BCUT2D eigenvalue weighted by molar-refractivity contribution is -0.117. The van der Waals surface area contributed by atoms with Crippen molar-refractivity contribution in [2.75, 3.05) is 0 Å². The molecular formula is C26H19FN4O2. The number of halogens is 1. The standard InChI is InChI=1S/C26H19FN4O2/c1-16-6-8-17(9-7-16)15-29-26(33)22(14-28)23-20-4-2-3-5-21(20)24(30-23)31-25(32)18-10-12-19(27)13-11-18/h2-13H,15H2,1H3,(H,29,33)(H,30,31,32)/b23-22-. The zero-order valence-electron chi connectivity index (χ0n) is 17.7. The highest BCUT2D eigenvalue weighted by Gasteiger charge is 2.27. The van der Waals surface area contributed by atoms with Crippen molar-refractivity contribution < 1.29 is 14.0 Å². The van der Waals surface area contributed by atoms with E-state index in [2.05, 4.69) is 15.6 Å². The largest absolute Gasteiger partial charge is 0.347 e. The Morgan fingerprint density at radius 2 is 1.64 bits per heavy atom. The average Bonchev–Trinajstić information content (AvgIpc) is 3.18. The van der Waals surface area contributed by atoms with E-state index in [0.29, 0.717) is 11.1 Å². The predicted octanol–water partition coefficient (Wildman–Crippen LogP) is 3.88. The molecule has 6 nitrogen and oxygen atoms in total. The molecule has 0 saturated carbocycles. The molecule has 1 heterocycles. The second kappa shape index (κ2) is 9.28. The van der Waals surface area contributed by atoms with Crippen LogP contribution in [0.4, 0.5) is 4.39 Å². The van der Waals surface area contributed by atoms with Crippen molar-refractivity contribution >= 4 is 23.3 Å². The summed E-state index contributed by atoms with van der Waals surface area (Å²) in [5.41, 5.74) is 3.45. The van der Waals surface area contributed by atoms with Gasteiger partial charge in [-0.2, -0.15) is 5.26 Å². The first-order valence-electron chi connectivity index (χ1n) is 10.2. The fraction of sp³-hybridized carbons (Fsp3) is 0.0769. The molecule has 0 aromatic heterocycles. The third-order valence-electron chi connectivity index (χ3n) is 5.15. The van der Waals surface area contributed by atoms with Gasteiger partial charge in [0.05, 0.1) is 5.70 Å². The minimum absolute atomic E-state index is 0.152. The minimum Gasteiger partial charge on any atom is -0.347 e. The molecule has 3 aromatic carbocycles. The molecule has 0 unspecified atom stereocenters. The SMILES string of the molecule is Cc1ccc(CNC(=O)/C(C#N)=C2\N=C(NC(=O)c3ccc(F)cc3)c3ccccc32)cc1. The third kappa shape index (κ3) is 4.70. The molecular weight excluding hydrogens is 419 g/mol. The highest BCUT2D eigenvalue weighted by Crippen LogP contribution is 2.30. The van der Waals surface area contributed by atoms with E-state index in [-0.39, 0.29) is 29.2 Å². The number of benzene rings is 3. The van der Waals surface area contributed by atoms with Gasteiger partial charge in [0.15, 0.2) is 0 Å². The lowest BCUT2D eigenvalue weighted by Crippen LogP contribution is -2.30. The molecule has 1 aliphatic rings. The number of nitriles is 1. The number of nitrogens with zero attached hydrogens (tertiary/aromatic N) is 2. The minimum atomic E-state index is -0.558. The molecule has 4 rings (SSSR count). The topological polar surface area (TPSA) is 94.3 Å². The Balaban J connectivity index is 1.61. The van der Waals surface area contributed by atoms with Gasteiger partial charge in [-0.3, -0.25) is 9.59 Å². The number of aryl methyl sites for hydroxylation is 1. The zero-order valence-corrected chi connectivity index (χ0v) is 17.7. The highest BCUT2D eigenvalue weighted by atomic mass is 19.1. The molecule has 0 radical (unpaired) electrons. The van der Waals surface area contributed by atoms with Crippen LogP contribution in [0, 0.1) is 24.1 Å². The molecule has 0 saturated heterocycles. The van der Waals surface area contributed by atoms with Gasteiger partial charge in [-0.15, -0.1) is 0 Å². The van der Waals surface area contributed by atoms with Crippen LogP contribution in [0.15, 0.2) is 83.4 Å². The molecule has 0 bridgehead atoms. The molecule has 0 aliphatic carbocycles. The summed E-state index contributed by atoms with van der Waals surface area (Å²) in [5.74, 6) is -1.27. The number of amidine groups is 1. The van der Waals surface area contributed by atoms with E-state index >= 15 is 0 Å². The summed E-state index contributed by atoms with van der Waals surface area (Å²) < 4.78 is 13.2. The number of carbonyl (C=O) groups excluding carboxylic acids is 2. The summed E-state index contributed by atoms with van der Waals surface area (Å²) in [6.45, 7) is 2.24. The van der Waals surface area contributed by atoms with Gasteiger partial charge in [-0.05, 0) is 36.8 Å². The van der Waals surface area contributed by atoms with E-state index in [4.69, 9.17) is 0 Å². The van der Waals surface area contributed by atoms with Crippen LogP contribution in [0.3, 0.4) is 0 Å². The molecule has 162 valence electrons. The molecule has 33 heavy (non-hydrogen) atoms. The number of carbonyl (C=O) groups is 2. The monoisotopic (exact) mass is 438 g/mol. The first-order chi connectivity index (χ1) is 16.0. The van der Waals surface area contributed by atoms with Crippen LogP contribution in [0.25, 0.3) is 5.70 Å². The van der Waals surface area contributed by atoms with Gasteiger partial charge >= 0.3 is 0 Å². The number of fused-ring (bicyclic) bond motifs is 1. The van der Waals surface area contributed by atoms with Crippen LogP contribution in [-0.4, -0.2) is 17.6 Å². The van der Waals surface area contributed by atoms with Gasteiger partial charge in [0.25, 0.3) is 11.8 Å². The Kier molecular flexibility index (Phi) is 6.09. The number of aliphatic imine (C=N–C) groups is 1. The van der Waals surface area contributed by atoms with Gasteiger partial charge < -0.3 is 10.6 Å². The van der Waals surface area contributed by atoms with Gasteiger partial charge in [0.2, 0.25) is 0 Å². The Hall–Kier alpha value is -4.57. The molecule has 0 spiro atoms. The Bertz CT molecular complexity index is 1330. The van der Waals surface area contributed by atoms with Crippen molar-refractivity contribution in [1.29, 1.82) is 5.26 Å². The van der Waals surface area contributed by atoms with Gasteiger partial charge in [-0.25, -0.2) is 9.38 Å². The second-order valence-electron chi connectivity index (χ2n) is 7.47. The maximum absolute atomic E-state index is 13.2. The maximum Gasteiger partial charge on any atom is 0.264 e. The summed E-state index contributed by atoms with van der Waals surface area (Å²) in [4.78, 5) is 29.8. The van der Waals surface area contributed by atoms with Crippen molar-refractivity contribution in [2.24, 2.45) is 4.99 Å². The zero-order chi connectivity index (χ0) is 23.4. The third-order valence-corrected chi connectivity index (χ3v) is 5.15. The van der Waals surface area contributed by atoms with Crippen LogP contribution in [0.2, 0.25) is 0 Å². The summed E-state index contributed by atoms with van der Waals surface area (Å²) >= 11 is 0. The summed E-state index contributed by atoms with van der Waals surface area (Å²) in [6, 6.07) is 21.8. The van der Waals surface area contributed by atoms with E-state index in [0.717, 1.165) is 11.1 Å². The molecule has 2 N–H and O–H groups in total. The number of nitrogens with one attached hydrogen (secondary N) is 2. The van der Waals surface area contributed by atoms with E-state index in [1.54, 1.807) is 24.3 Å². The Morgan fingerprint density at radius 1 is 0.970 bits per heavy atom. The van der Waals surface area contributed by atoms with E-state index in [1.807, 2.05) is 37.3 Å². The van der Waals surface area contributed by atoms with Crippen LogP contribution in [-0.2, 0) is 11.3 Å². The van der Waals surface area contributed by atoms with Crippen molar-refractivity contribution in [3.63, 3.8) is 0 Å². The molecule has 3 aromatic rings. The van der Waals surface area contributed by atoms with Gasteiger partial charge in [0.1, 0.15) is 23.3 Å². The quantitative estimate of drug-likeness (QED) is 0.478. The summed E-state index contributed by atoms with van der Waals surface area (Å²) in [5, 5.41) is 15.2. The van der Waals surface area contributed by atoms with Gasteiger partial charge in [-0.1, -0.05) is 54.1 Å². The van der Waals surface area contributed by atoms with Gasteiger partial charge in [0, 0.05) is 23.2 Å². The molecule has 2 amide bonds. The number of hydrogen-bond donors (Lipinski definition) is 2. The van der Waals surface area contributed by atoms with Crippen molar-refractivity contribution in [1.82, 2.24) is 10.6 Å². The molecule has 0 fully saturated rings. The second-order valence-corrected chi connectivity index (χ2v) is 7.47. The molecule has 1 aliphatic heterocycles. The number of hydrogen-bond acceptors (Lipinski definition) is 4. The summed E-state index contributed by atoms with van der Waals surface area (Å²) in [6.07, 6.45) is 0. The Morgan fingerprint density at radius 3 is 2.30 bits per heavy atom. The highest BCUT2D eigenvalue weighted by molar-refractivity contribution is 6.20. The molecule has 0 atom stereocenters.